The molecule has 0 amide bonds. The number of hydrogen-bond acceptors (Lipinski definition) is 16. The second-order valence-corrected chi connectivity index (χ2v) is 10.2. The molecule has 2 aliphatic rings. The largest absolute Gasteiger partial charge is 0.508 e. The van der Waals surface area contributed by atoms with Gasteiger partial charge in [0.05, 0.1) is 13.2 Å². The van der Waals surface area contributed by atoms with Gasteiger partial charge in [0.25, 0.3) is 0 Å². The number of aromatic hydroxyl groups is 2. The Balaban J connectivity index is 1.60. The molecule has 44 heavy (non-hydrogen) atoms. The molecule has 0 radical (unpaired) electrons. The van der Waals surface area contributed by atoms with Gasteiger partial charge in [-0.2, -0.15) is 0 Å². The Labute approximate surface area is 247 Å². The molecule has 16 nitrogen and oxygen atoms in total. The summed E-state index contributed by atoms with van der Waals surface area (Å²) in [5, 5.41) is 80.6. The lowest BCUT2D eigenvalue weighted by Crippen LogP contribution is -2.61. The molecule has 3 heterocycles. The van der Waals surface area contributed by atoms with Crippen LogP contribution in [0.15, 0.2) is 45.6 Å². The number of carbonyl (C=O) groups excluding carboxylic acids is 1. The second-order valence-electron chi connectivity index (χ2n) is 10.2. The third kappa shape index (κ3) is 6.01. The monoisotopic (exact) mass is 622 g/mol. The molecule has 5 rings (SSSR count). The fourth-order valence-electron chi connectivity index (χ4n) is 4.84. The van der Waals surface area contributed by atoms with Crippen LogP contribution in [0.1, 0.15) is 6.92 Å². The second kappa shape index (κ2) is 12.5. The Morgan fingerprint density at radius 3 is 2.30 bits per heavy atom. The summed E-state index contributed by atoms with van der Waals surface area (Å²) < 4.78 is 33.2. The Hall–Kier alpha value is -4.00. The number of aliphatic hydroxyl groups excluding tert-OH is 6. The van der Waals surface area contributed by atoms with Crippen LogP contribution >= 0.6 is 0 Å². The molecule has 0 bridgehead atoms. The van der Waals surface area contributed by atoms with E-state index in [-0.39, 0.29) is 35.0 Å². The molecule has 0 spiro atoms. The van der Waals surface area contributed by atoms with Crippen LogP contribution in [0, 0.1) is 0 Å². The van der Waals surface area contributed by atoms with Crippen molar-refractivity contribution in [1.29, 1.82) is 0 Å². The molecule has 2 aromatic carbocycles. The maximum Gasteiger partial charge on any atom is 0.303 e. The number of fused-ring (bicyclic) bond motifs is 1. The Bertz CT molecular complexity index is 1550. The summed E-state index contributed by atoms with van der Waals surface area (Å²) in [5.74, 6) is -2.73. The van der Waals surface area contributed by atoms with Crippen molar-refractivity contribution in [2.45, 2.75) is 62.2 Å². The first-order valence-corrected chi connectivity index (χ1v) is 13.3. The number of rotatable bonds is 7. The Morgan fingerprint density at radius 1 is 0.932 bits per heavy atom. The van der Waals surface area contributed by atoms with E-state index < -0.39 is 90.2 Å². The van der Waals surface area contributed by atoms with Gasteiger partial charge in [0.1, 0.15) is 64.8 Å². The molecule has 0 aliphatic carbocycles. The molecule has 8 N–H and O–H groups in total. The quantitative estimate of drug-likeness (QED) is 0.139. The van der Waals surface area contributed by atoms with Gasteiger partial charge in [0.15, 0.2) is 11.9 Å². The van der Waals surface area contributed by atoms with E-state index in [0.29, 0.717) is 0 Å². The number of phenols is 2. The number of carbonyl (C=O) groups is 1. The minimum atomic E-state index is -1.80. The standard InChI is InChI=1S/C28H30O16/c1-10(30)40-26-22(37)20(35)17(8-29)43-28(26)44-25-21(36)18-14(32)6-13(41-27-23(38)19(34)15(33)9-39-27)7-16(18)42-24(25)11-2-4-12(31)5-3-11/h2-7,15,17,19-20,22-23,26-29,31-35,37-38H,8-9H2,1H3. The molecule has 238 valence electrons. The molecule has 3 aromatic rings. The van der Waals surface area contributed by atoms with E-state index in [9.17, 15) is 50.4 Å². The highest BCUT2D eigenvalue weighted by atomic mass is 16.7. The van der Waals surface area contributed by atoms with Gasteiger partial charge < -0.3 is 69.0 Å². The van der Waals surface area contributed by atoms with Crippen LogP contribution in [0.4, 0.5) is 0 Å². The average molecular weight is 623 g/mol. The van der Waals surface area contributed by atoms with Crippen LogP contribution < -0.4 is 14.9 Å². The highest BCUT2D eigenvalue weighted by Crippen LogP contribution is 2.38. The molecule has 2 aliphatic heterocycles. The van der Waals surface area contributed by atoms with E-state index in [1.807, 2.05) is 0 Å². The predicted octanol–water partition coefficient (Wildman–Crippen LogP) is -1.56. The minimum Gasteiger partial charge on any atom is -0.508 e. The fraction of sp³-hybridized carbons (Fsp3) is 0.429. The molecular weight excluding hydrogens is 592 g/mol. The van der Waals surface area contributed by atoms with Gasteiger partial charge in [0, 0.05) is 24.6 Å². The van der Waals surface area contributed by atoms with Crippen molar-refractivity contribution in [3.8, 4) is 34.3 Å². The van der Waals surface area contributed by atoms with Crippen LogP contribution in [-0.2, 0) is 19.0 Å². The number of benzene rings is 2. The number of aliphatic hydroxyl groups is 6. The zero-order valence-corrected chi connectivity index (χ0v) is 22.9. The van der Waals surface area contributed by atoms with Crippen molar-refractivity contribution in [1.82, 2.24) is 0 Å². The summed E-state index contributed by atoms with van der Waals surface area (Å²) in [6.45, 7) is -0.108. The van der Waals surface area contributed by atoms with Gasteiger partial charge in [0.2, 0.25) is 23.8 Å². The number of ether oxygens (including phenoxy) is 5. The van der Waals surface area contributed by atoms with Crippen molar-refractivity contribution >= 4 is 16.9 Å². The summed E-state index contributed by atoms with van der Waals surface area (Å²) in [6.07, 6.45) is -14.4. The van der Waals surface area contributed by atoms with E-state index >= 15 is 0 Å². The van der Waals surface area contributed by atoms with Crippen LogP contribution in [0.25, 0.3) is 22.3 Å². The van der Waals surface area contributed by atoms with Gasteiger partial charge in [-0.15, -0.1) is 0 Å². The van der Waals surface area contributed by atoms with Crippen molar-refractivity contribution < 1.29 is 73.7 Å². The van der Waals surface area contributed by atoms with Gasteiger partial charge in [-0.05, 0) is 24.3 Å². The van der Waals surface area contributed by atoms with E-state index in [0.717, 1.165) is 13.0 Å². The van der Waals surface area contributed by atoms with Crippen molar-refractivity contribution in [2.75, 3.05) is 13.2 Å². The van der Waals surface area contributed by atoms with Crippen LogP contribution in [0.3, 0.4) is 0 Å². The molecular formula is C28H30O16. The summed E-state index contributed by atoms with van der Waals surface area (Å²) >= 11 is 0. The first-order chi connectivity index (χ1) is 20.9. The molecule has 0 saturated carbocycles. The van der Waals surface area contributed by atoms with Crippen molar-refractivity contribution in [3.05, 3.63) is 46.6 Å². The third-order valence-electron chi connectivity index (χ3n) is 7.10. The number of hydrogen-bond donors (Lipinski definition) is 8. The topological polar surface area (TPSA) is 255 Å². The van der Waals surface area contributed by atoms with Gasteiger partial charge in [-0.25, -0.2) is 0 Å². The molecule has 2 fully saturated rings. The molecule has 9 unspecified atom stereocenters. The van der Waals surface area contributed by atoms with Gasteiger partial charge >= 0.3 is 5.97 Å². The zero-order valence-electron chi connectivity index (χ0n) is 22.9. The first kappa shape index (κ1) is 31.4. The fourth-order valence-corrected chi connectivity index (χ4v) is 4.84. The zero-order chi connectivity index (χ0) is 31.9. The molecule has 16 heteroatoms. The molecule has 9 atom stereocenters. The highest BCUT2D eigenvalue weighted by molar-refractivity contribution is 5.88. The third-order valence-corrected chi connectivity index (χ3v) is 7.10. The maximum atomic E-state index is 13.9. The summed E-state index contributed by atoms with van der Waals surface area (Å²) in [6, 6.07) is 7.47. The van der Waals surface area contributed by atoms with E-state index in [1.165, 1.54) is 30.3 Å². The number of phenolic OH excluding ortho intramolecular Hbond substituents is 2. The normalized spacial score (nSPS) is 30.6. The first-order valence-electron chi connectivity index (χ1n) is 13.3. The lowest BCUT2D eigenvalue weighted by molar-refractivity contribution is -0.282. The number of esters is 1. The molecule has 2 saturated heterocycles. The van der Waals surface area contributed by atoms with Crippen LogP contribution in [0.2, 0.25) is 0 Å². The maximum absolute atomic E-state index is 13.9. The lowest BCUT2D eigenvalue weighted by Gasteiger charge is -2.41. The summed E-state index contributed by atoms with van der Waals surface area (Å²) in [4.78, 5) is 25.6. The van der Waals surface area contributed by atoms with Gasteiger partial charge in [-0.3, -0.25) is 9.59 Å². The van der Waals surface area contributed by atoms with E-state index in [2.05, 4.69) is 0 Å². The smallest absolute Gasteiger partial charge is 0.303 e. The van der Waals surface area contributed by atoms with Crippen LogP contribution in [0.5, 0.6) is 23.0 Å². The lowest BCUT2D eigenvalue weighted by atomic mass is 9.99. The Kier molecular flexibility index (Phi) is 8.96. The van der Waals surface area contributed by atoms with Crippen molar-refractivity contribution in [2.24, 2.45) is 0 Å². The van der Waals surface area contributed by atoms with E-state index in [1.54, 1.807) is 0 Å². The summed E-state index contributed by atoms with van der Waals surface area (Å²) in [7, 11) is 0. The average Bonchev–Trinajstić information content (AvgIpc) is 2.98. The highest BCUT2D eigenvalue weighted by Gasteiger charge is 2.48. The van der Waals surface area contributed by atoms with Crippen molar-refractivity contribution in [3.63, 3.8) is 0 Å². The van der Waals surface area contributed by atoms with Gasteiger partial charge in [-0.1, -0.05) is 0 Å². The predicted molar refractivity (Wildman–Crippen MR) is 144 cm³/mol. The van der Waals surface area contributed by atoms with E-state index in [4.69, 9.17) is 28.1 Å². The summed E-state index contributed by atoms with van der Waals surface area (Å²) in [5.41, 5.74) is -1.06. The Morgan fingerprint density at radius 2 is 1.64 bits per heavy atom. The molecule has 1 aromatic heterocycles. The van der Waals surface area contributed by atoms with Crippen LogP contribution in [-0.4, -0.2) is 115 Å². The SMILES string of the molecule is CC(=O)OC1C(Oc2c(-c3ccc(O)cc3)oc3cc(OC4OCC(O)C(O)C4O)cc(O)c3c2=O)OC(CO)C(O)C1O. The minimum absolute atomic E-state index is 0.125.